The molecule has 0 aliphatic heterocycles. The van der Waals surface area contributed by atoms with Crippen LogP contribution in [-0.2, 0) is 9.53 Å². The maximum absolute atomic E-state index is 11.9. The van der Waals surface area contributed by atoms with E-state index in [9.17, 15) is 9.59 Å². The molecule has 2 rings (SSSR count). The summed E-state index contributed by atoms with van der Waals surface area (Å²) >= 11 is 5.82. The highest BCUT2D eigenvalue weighted by atomic mass is 35.5. The van der Waals surface area contributed by atoms with Crippen molar-refractivity contribution in [3.05, 3.63) is 58.1 Å². The Morgan fingerprint density at radius 1 is 1.13 bits per heavy atom. The van der Waals surface area contributed by atoms with Crippen LogP contribution in [0.3, 0.4) is 0 Å². The zero-order chi connectivity index (χ0) is 17.0. The van der Waals surface area contributed by atoms with E-state index >= 15 is 0 Å². The number of carbonyl (C=O) groups is 2. The molecule has 0 fully saturated rings. The number of rotatable bonds is 4. The topological polar surface area (TPSA) is 81.4 Å². The number of nitrogens with one attached hydrogen (secondary N) is 1. The van der Waals surface area contributed by atoms with Crippen molar-refractivity contribution in [2.45, 2.75) is 13.8 Å². The van der Waals surface area contributed by atoms with E-state index in [2.05, 4.69) is 5.32 Å². The molecule has 0 bridgehead atoms. The number of carbonyl (C=O) groups excluding carboxylic acids is 2. The van der Waals surface area contributed by atoms with Gasteiger partial charge in [-0.3, -0.25) is 4.79 Å². The minimum absolute atomic E-state index is 0.136. The summed E-state index contributed by atoms with van der Waals surface area (Å²) in [5.74, 6) is -1.12. The van der Waals surface area contributed by atoms with E-state index < -0.39 is 18.5 Å². The second kappa shape index (κ2) is 7.15. The van der Waals surface area contributed by atoms with Gasteiger partial charge in [-0.25, -0.2) is 4.79 Å². The van der Waals surface area contributed by atoms with Crippen LogP contribution in [0.2, 0.25) is 5.02 Å². The number of esters is 1. The maximum Gasteiger partial charge on any atom is 0.340 e. The van der Waals surface area contributed by atoms with Gasteiger partial charge in [-0.2, -0.15) is 0 Å². The first-order valence-electron chi connectivity index (χ1n) is 6.96. The number of anilines is 2. The summed E-state index contributed by atoms with van der Waals surface area (Å²) in [5.41, 5.74) is 8.91. The maximum atomic E-state index is 11.9. The van der Waals surface area contributed by atoms with Gasteiger partial charge in [0.2, 0.25) is 0 Å². The lowest BCUT2D eigenvalue weighted by Crippen LogP contribution is -2.21. The van der Waals surface area contributed by atoms with Crippen LogP contribution in [-0.4, -0.2) is 18.5 Å². The van der Waals surface area contributed by atoms with Gasteiger partial charge in [-0.05, 0) is 55.3 Å². The van der Waals surface area contributed by atoms with Crippen molar-refractivity contribution in [3.8, 4) is 0 Å². The molecule has 6 heteroatoms. The van der Waals surface area contributed by atoms with Crippen molar-refractivity contribution >= 4 is 34.9 Å². The summed E-state index contributed by atoms with van der Waals surface area (Å²) in [5, 5.41) is 3.04. The summed E-state index contributed by atoms with van der Waals surface area (Å²) in [6.45, 7) is 3.53. The minimum Gasteiger partial charge on any atom is -0.452 e. The predicted molar refractivity (Wildman–Crippen MR) is 90.7 cm³/mol. The van der Waals surface area contributed by atoms with Crippen LogP contribution in [0.5, 0.6) is 0 Å². The molecule has 0 saturated heterocycles. The zero-order valence-corrected chi connectivity index (χ0v) is 13.6. The Morgan fingerprint density at radius 2 is 1.87 bits per heavy atom. The standard InChI is InChI=1S/C17H17ClN2O3/c1-10-3-5-13(7-11(10)2)20-16(21)9-23-17(22)14-8-12(18)4-6-15(14)19/h3-8H,9,19H2,1-2H3,(H,20,21). The lowest BCUT2D eigenvalue weighted by atomic mass is 10.1. The van der Waals surface area contributed by atoms with E-state index in [0.717, 1.165) is 11.1 Å². The summed E-state index contributed by atoms with van der Waals surface area (Å²) in [6, 6.07) is 10.0. The quantitative estimate of drug-likeness (QED) is 0.664. The van der Waals surface area contributed by atoms with Crippen molar-refractivity contribution in [2.24, 2.45) is 0 Å². The Balaban J connectivity index is 1.94. The lowest BCUT2D eigenvalue weighted by Gasteiger charge is -2.09. The van der Waals surface area contributed by atoms with Gasteiger partial charge >= 0.3 is 5.97 Å². The summed E-state index contributed by atoms with van der Waals surface area (Å²) in [6.07, 6.45) is 0. The second-order valence-corrected chi connectivity index (χ2v) is 5.59. The van der Waals surface area contributed by atoms with E-state index in [-0.39, 0.29) is 11.3 Å². The number of amides is 1. The number of ether oxygens (including phenoxy) is 1. The number of nitrogens with two attached hydrogens (primary N) is 1. The first-order chi connectivity index (χ1) is 10.9. The number of nitrogen functional groups attached to an aromatic ring is 1. The van der Waals surface area contributed by atoms with Gasteiger partial charge in [-0.15, -0.1) is 0 Å². The zero-order valence-electron chi connectivity index (χ0n) is 12.9. The second-order valence-electron chi connectivity index (χ2n) is 5.15. The molecule has 0 aromatic heterocycles. The SMILES string of the molecule is Cc1ccc(NC(=O)COC(=O)c2cc(Cl)ccc2N)cc1C. The average Bonchev–Trinajstić information content (AvgIpc) is 2.51. The molecule has 1 amide bonds. The third-order valence-corrected chi connectivity index (χ3v) is 3.60. The van der Waals surface area contributed by atoms with Crippen LogP contribution in [0, 0.1) is 13.8 Å². The number of hydrogen-bond acceptors (Lipinski definition) is 4. The summed E-state index contributed by atoms with van der Waals surface area (Å²) in [7, 11) is 0. The fraction of sp³-hybridized carbons (Fsp3) is 0.176. The molecule has 2 aromatic carbocycles. The number of halogens is 1. The van der Waals surface area contributed by atoms with Gasteiger partial charge in [0.1, 0.15) is 0 Å². The Kier molecular flexibility index (Phi) is 5.24. The summed E-state index contributed by atoms with van der Waals surface area (Å²) in [4.78, 5) is 23.8. The highest BCUT2D eigenvalue weighted by Crippen LogP contribution is 2.19. The van der Waals surface area contributed by atoms with Crippen molar-refractivity contribution in [2.75, 3.05) is 17.7 Å². The molecule has 0 aliphatic carbocycles. The van der Waals surface area contributed by atoms with Crippen LogP contribution in [0.1, 0.15) is 21.5 Å². The highest BCUT2D eigenvalue weighted by molar-refractivity contribution is 6.31. The van der Waals surface area contributed by atoms with Crippen LogP contribution in [0.25, 0.3) is 0 Å². The van der Waals surface area contributed by atoms with Gasteiger partial charge in [0.15, 0.2) is 6.61 Å². The Morgan fingerprint density at radius 3 is 2.57 bits per heavy atom. The fourth-order valence-corrected chi connectivity index (χ4v) is 2.10. The third kappa shape index (κ3) is 4.47. The van der Waals surface area contributed by atoms with Crippen LogP contribution >= 0.6 is 11.6 Å². The molecular formula is C17H17ClN2O3. The predicted octanol–water partition coefficient (Wildman–Crippen LogP) is 3.33. The Labute approximate surface area is 139 Å². The van der Waals surface area contributed by atoms with Crippen LogP contribution < -0.4 is 11.1 Å². The normalized spacial score (nSPS) is 10.2. The molecule has 3 N–H and O–H groups in total. The summed E-state index contributed by atoms with van der Waals surface area (Å²) < 4.78 is 4.96. The largest absolute Gasteiger partial charge is 0.452 e. The third-order valence-electron chi connectivity index (χ3n) is 3.36. The smallest absolute Gasteiger partial charge is 0.340 e. The molecule has 23 heavy (non-hydrogen) atoms. The minimum atomic E-state index is -0.694. The Bertz CT molecular complexity index is 759. The van der Waals surface area contributed by atoms with E-state index in [4.69, 9.17) is 22.1 Å². The molecule has 5 nitrogen and oxygen atoms in total. The molecule has 0 spiro atoms. The van der Waals surface area contributed by atoms with Crippen molar-refractivity contribution in [1.82, 2.24) is 0 Å². The molecule has 0 saturated carbocycles. The number of hydrogen-bond donors (Lipinski definition) is 2. The number of aryl methyl sites for hydroxylation is 2. The molecule has 0 radical (unpaired) electrons. The van der Waals surface area contributed by atoms with Crippen molar-refractivity contribution in [1.29, 1.82) is 0 Å². The van der Waals surface area contributed by atoms with Crippen molar-refractivity contribution in [3.63, 3.8) is 0 Å². The molecular weight excluding hydrogens is 316 g/mol. The van der Waals surface area contributed by atoms with Crippen molar-refractivity contribution < 1.29 is 14.3 Å². The molecule has 0 aliphatic rings. The fourth-order valence-electron chi connectivity index (χ4n) is 1.93. The molecule has 0 heterocycles. The van der Waals surface area contributed by atoms with E-state index in [0.29, 0.717) is 10.7 Å². The first kappa shape index (κ1) is 16.8. The monoisotopic (exact) mass is 332 g/mol. The average molecular weight is 333 g/mol. The van der Waals surface area contributed by atoms with Gasteiger partial charge in [0, 0.05) is 16.4 Å². The van der Waals surface area contributed by atoms with Gasteiger partial charge < -0.3 is 15.8 Å². The van der Waals surface area contributed by atoms with Crippen LogP contribution in [0.15, 0.2) is 36.4 Å². The first-order valence-corrected chi connectivity index (χ1v) is 7.34. The van der Waals surface area contributed by atoms with E-state index in [1.165, 1.54) is 12.1 Å². The van der Waals surface area contributed by atoms with Gasteiger partial charge in [-0.1, -0.05) is 17.7 Å². The molecule has 0 unspecified atom stereocenters. The van der Waals surface area contributed by atoms with Gasteiger partial charge in [0.25, 0.3) is 5.91 Å². The van der Waals surface area contributed by atoms with Crippen LogP contribution in [0.4, 0.5) is 11.4 Å². The lowest BCUT2D eigenvalue weighted by molar-refractivity contribution is -0.119. The van der Waals surface area contributed by atoms with E-state index in [1.54, 1.807) is 12.1 Å². The Hall–Kier alpha value is -2.53. The number of benzene rings is 2. The molecule has 0 atom stereocenters. The molecule has 120 valence electrons. The molecule has 2 aromatic rings. The van der Waals surface area contributed by atoms with E-state index in [1.807, 2.05) is 26.0 Å². The highest BCUT2D eigenvalue weighted by Gasteiger charge is 2.14. The van der Waals surface area contributed by atoms with Gasteiger partial charge in [0.05, 0.1) is 5.56 Å².